The minimum absolute atomic E-state index is 0.0956. The molecule has 3 rings (SSSR count). The van der Waals surface area contributed by atoms with Crippen LogP contribution >= 0.6 is 0 Å². The van der Waals surface area contributed by atoms with Crippen LogP contribution < -0.4 is 5.32 Å². The number of Topliss-reactive ketones (excluding diaryl/α,β-unsaturated/α-hetero) is 1. The molecule has 6 nitrogen and oxygen atoms in total. The van der Waals surface area contributed by atoms with Crippen molar-refractivity contribution >= 4 is 17.3 Å². The predicted octanol–water partition coefficient (Wildman–Crippen LogP) is 2.18. The van der Waals surface area contributed by atoms with Crippen LogP contribution in [0.25, 0.3) is 5.57 Å². The van der Waals surface area contributed by atoms with Crippen LogP contribution in [0.2, 0.25) is 0 Å². The molecule has 0 aromatic carbocycles. The number of pyridine rings is 1. The molecule has 3 heterocycles. The summed E-state index contributed by atoms with van der Waals surface area (Å²) >= 11 is 0. The van der Waals surface area contributed by atoms with E-state index >= 15 is 0 Å². The number of hydrogen-bond acceptors (Lipinski definition) is 5. The van der Waals surface area contributed by atoms with Gasteiger partial charge in [-0.15, -0.1) is 0 Å². The fraction of sp³-hybridized carbons (Fsp3) is 0.474. The van der Waals surface area contributed by atoms with Crippen molar-refractivity contribution < 1.29 is 18.4 Å². The number of carbonyl (C=O) groups is 2. The van der Waals surface area contributed by atoms with E-state index in [1.807, 2.05) is 6.08 Å². The van der Waals surface area contributed by atoms with Crippen LogP contribution in [0.3, 0.4) is 0 Å². The second-order valence-corrected chi connectivity index (χ2v) is 6.75. The molecule has 1 amide bonds. The van der Waals surface area contributed by atoms with Gasteiger partial charge in [0.2, 0.25) is 5.91 Å². The number of halogens is 2. The summed E-state index contributed by atoms with van der Waals surface area (Å²) in [5.74, 6) is -3.89. The zero-order chi connectivity index (χ0) is 19.4. The zero-order valence-corrected chi connectivity index (χ0v) is 14.8. The topological polar surface area (TPSA) is 86.1 Å². The van der Waals surface area contributed by atoms with E-state index in [2.05, 4.69) is 10.3 Å². The number of rotatable bonds is 5. The Morgan fingerprint density at radius 2 is 2.22 bits per heavy atom. The summed E-state index contributed by atoms with van der Waals surface area (Å²) < 4.78 is 27.0. The maximum atomic E-state index is 13.5. The highest BCUT2D eigenvalue weighted by atomic mass is 19.3. The fourth-order valence-electron chi connectivity index (χ4n) is 3.45. The lowest BCUT2D eigenvalue weighted by molar-refractivity contribution is -0.132. The van der Waals surface area contributed by atoms with Crippen molar-refractivity contribution in [2.45, 2.75) is 37.6 Å². The summed E-state index contributed by atoms with van der Waals surface area (Å²) in [4.78, 5) is 29.9. The molecule has 1 atom stereocenters. The number of amides is 1. The summed E-state index contributed by atoms with van der Waals surface area (Å²) in [6, 6.07) is 2.22. The smallest absolute Gasteiger partial charge is 0.268 e. The first kappa shape index (κ1) is 19.1. The van der Waals surface area contributed by atoms with Gasteiger partial charge in [0.15, 0.2) is 5.78 Å². The van der Waals surface area contributed by atoms with Crippen molar-refractivity contribution in [2.24, 2.45) is 0 Å². The number of hydrogen-bond donors (Lipinski definition) is 1. The first-order chi connectivity index (χ1) is 12.9. The maximum Gasteiger partial charge on any atom is 0.268 e. The minimum atomic E-state index is -3.06. The van der Waals surface area contributed by atoms with Gasteiger partial charge in [-0.1, -0.05) is 6.08 Å². The SMILES string of the molecule is N#C[C@@H]1CC(F)(F)CN1C(=O)CCC(=O)c1ccncc1C1=CCNCC1. The van der Waals surface area contributed by atoms with Crippen molar-refractivity contribution in [1.29, 1.82) is 5.26 Å². The van der Waals surface area contributed by atoms with Crippen molar-refractivity contribution in [3.05, 3.63) is 35.7 Å². The van der Waals surface area contributed by atoms with Gasteiger partial charge in [-0.05, 0) is 24.6 Å². The van der Waals surface area contributed by atoms with Crippen LogP contribution in [0.4, 0.5) is 8.78 Å². The van der Waals surface area contributed by atoms with Gasteiger partial charge < -0.3 is 10.2 Å². The number of likely N-dealkylation sites (tertiary alicyclic amines) is 1. The highest BCUT2D eigenvalue weighted by Gasteiger charge is 2.47. The second-order valence-electron chi connectivity index (χ2n) is 6.75. The van der Waals surface area contributed by atoms with Crippen molar-refractivity contribution in [3.63, 3.8) is 0 Å². The Balaban J connectivity index is 1.67. The van der Waals surface area contributed by atoms with Gasteiger partial charge in [0, 0.05) is 49.3 Å². The Hall–Kier alpha value is -2.66. The number of nitrogens with zero attached hydrogens (tertiary/aromatic N) is 3. The highest BCUT2D eigenvalue weighted by molar-refractivity contribution is 6.02. The van der Waals surface area contributed by atoms with E-state index in [0.29, 0.717) is 5.56 Å². The molecule has 0 saturated carbocycles. The Morgan fingerprint density at radius 1 is 1.41 bits per heavy atom. The van der Waals surface area contributed by atoms with E-state index in [0.717, 1.165) is 35.5 Å². The van der Waals surface area contributed by atoms with E-state index in [1.54, 1.807) is 18.3 Å². The molecule has 27 heavy (non-hydrogen) atoms. The van der Waals surface area contributed by atoms with Gasteiger partial charge in [0.05, 0.1) is 12.6 Å². The molecule has 2 aliphatic rings. The Bertz CT molecular complexity index is 816. The molecule has 0 spiro atoms. The van der Waals surface area contributed by atoms with Crippen molar-refractivity contribution in [3.8, 4) is 6.07 Å². The van der Waals surface area contributed by atoms with Crippen LogP contribution in [-0.4, -0.2) is 53.2 Å². The molecule has 8 heteroatoms. The molecule has 0 aliphatic carbocycles. The molecule has 1 aromatic heterocycles. The first-order valence-electron chi connectivity index (χ1n) is 8.85. The average Bonchev–Trinajstić information content (AvgIpc) is 3.01. The van der Waals surface area contributed by atoms with Crippen molar-refractivity contribution in [1.82, 2.24) is 15.2 Å². The Kier molecular flexibility index (Phi) is 5.61. The number of aromatic nitrogens is 1. The predicted molar refractivity (Wildman–Crippen MR) is 93.9 cm³/mol. The summed E-state index contributed by atoms with van der Waals surface area (Å²) in [7, 11) is 0. The highest BCUT2D eigenvalue weighted by Crippen LogP contribution is 2.32. The minimum Gasteiger partial charge on any atom is -0.320 e. The summed E-state index contributed by atoms with van der Waals surface area (Å²) in [6.45, 7) is 0.763. The van der Waals surface area contributed by atoms with E-state index in [-0.39, 0.29) is 18.6 Å². The number of nitrogens with one attached hydrogen (secondary N) is 1. The lowest BCUT2D eigenvalue weighted by Crippen LogP contribution is -2.36. The molecule has 1 aromatic rings. The normalized spacial score (nSPS) is 21.4. The molecule has 0 radical (unpaired) electrons. The van der Waals surface area contributed by atoms with Crippen LogP contribution in [-0.2, 0) is 4.79 Å². The summed E-state index contributed by atoms with van der Waals surface area (Å²) in [5, 5.41) is 12.2. The van der Waals surface area contributed by atoms with E-state index in [4.69, 9.17) is 5.26 Å². The van der Waals surface area contributed by atoms with Crippen LogP contribution in [0.15, 0.2) is 24.5 Å². The third kappa shape index (κ3) is 4.37. The first-order valence-corrected chi connectivity index (χ1v) is 8.85. The monoisotopic (exact) mass is 374 g/mol. The van der Waals surface area contributed by atoms with Gasteiger partial charge in [0.1, 0.15) is 6.04 Å². The van der Waals surface area contributed by atoms with Gasteiger partial charge >= 0.3 is 0 Å². The number of carbonyl (C=O) groups excluding carboxylic acids is 2. The van der Waals surface area contributed by atoms with Gasteiger partial charge in [0.25, 0.3) is 5.92 Å². The number of alkyl halides is 2. The molecule has 2 aliphatic heterocycles. The molecule has 1 N–H and O–H groups in total. The van der Waals surface area contributed by atoms with E-state index in [1.165, 1.54) is 6.20 Å². The third-order valence-corrected chi connectivity index (χ3v) is 4.84. The molecule has 1 saturated heterocycles. The van der Waals surface area contributed by atoms with E-state index < -0.39 is 30.8 Å². The van der Waals surface area contributed by atoms with Gasteiger partial charge in [-0.2, -0.15) is 5.26 Å². The lowest BCUT2D eigenvalue weighted by Gasteiger charge is -2.19. The quantitative estimate of drug-likeness (QED) is 0.799. The molecule has 142 valence electrons. The number of ketones is 1. The standard InChI is InChI=1S/C19H20F2N4O2/c20-19(21)9-14(10-22)25(12-19)18(27)2-1-17(26)15-5-8-24-11-16(15)13-3-6-23-7-4-13/h3,5,8,11,14,23H,1-2,4,6-7,9,12H2/t14-/m0/s1. The number of nitriles is 1. The van der Waals surface area contributed by atoms with E-state index in [9.17, 15) is 18.4 Å². The second kappa shape index (κ2) is 7.92. The Morgan fingerprint density at radius 3 is 2.93 bits per heavy atom. The van der Waals surface area contributed by atoms with Crippen LogP contribution in [0.5, 0.6) is 0 Å². The van der Waals surface area contributed by atoms with Gasteiger partial charge in [-0.3, -0.25) is 14.6 Å². The Labute approximate surface area is 155 Å². The molecule has 1 fully saturated rings. The largest absolute Gasteiger partial charge is 0.320 e. The molecular weight excluding hydrogens is 354 g/mol. The molecule has 0 unspecified atom stereocenters. The lowest BCUT2D eigenvalue weighted by atomic mass is 9.94. The van der Waals surface area contributed by atoms with Gasteiger partial charge in [-0.25, -0.2) is 8.78 Å². The summed E-state index contributed by atoms with van der Waals surface area (Å²) in [5.41, 5.74) is 2.26. The summed E-state index contributed by atoms with van der Waals surface area (Å²) in [6.07, 6.45) is 4.99. The maximum absolute atomic E-state index is 13.5. The third-order valence-electron chi connectivity index (χ3n) is 4.84. The zero-order valence-electron chi connectivity index (χ0n) is 14.8. The molecule has 0 bridgehead atoms. The molecular formula is C19H20F2N4O2. The van der Waals surface area contributed by atoms with Crippen molar-refractivity contribution in [2.75, 3.05) is 19.6 Å². The average molecular weight is 374 g/mol. The fourth-order valence-corrected chi connectivity index (χ4v) is 3.45. The van der Waals surface area contributed by atoms with Crippen LogP contribution in [0.1, 0.15) is 41.6 Å². The van der Waals surface area contributed by atoms with Crippen LogP contribution in [0, 0.1) is 11.3 Å².